The molecule has 0 N–H and O–H groups in total. The van der Waals surface area contributed by atoms with Gasteiger partial charge in [0.15, 0.2) is 5.72 Å². The molecule has 1 atom stereocenters. The van der Waals surface area contributed by atoms with Crippen LogP contribution in [0, 0.1) is 0 Å². The number of hydrogen-bond acceptors (Lipinski definition) is 3. The maximum absolute atomic E-state index is 12.5. The summed E-state index contributed by atoms with van der Waals surface area (Å²) in [7, 11) is 0. The van der Waals surface area contributed by atoms with E-state index in [-0.39, 0.29) is 5.97 Å². The highest BCUT2D eigenvalue weighted by atomic mass is 16.6. The van der Waals surface area contributed by atoms with Gasteiger partial charge in [0.1, 0.15) is 0 Å². The number of hydrogen-bond donors (Lipinski definition) is 0. The van der Waals surface area contributed by atoms with Crippen LogP contribution in [-0.4, -0.2) is 23.1 Å². The number of esters is 1. The highest BCUT2D eigenvalue weighted by molar-refractivity contribution is 5.87. The lowest BCUT2D eigenvalue weighted by Crippen LogP contribution is -2.48. The van der Waals surface area contributed by atoms with Crippen molar-refractivity contribution < 1.29 is 9.53 Å². The van der Waals surface area contributed by atoms with Crippen molar-refractivity contribution in [3.8, 4) is 0 Å². The first kappa shape index (κ1) is 18.4. The molecular formula is C23H27NO2. The third-order valence-electron chi connectivity index (χ3n) is 4.99. The Morgan fingerprint density at radius 2 is 1.73 bits per heavy atom. The first-order chi connectivity index (χ1) is 12.7. The minimum atomic E-state index is -0.565. The van der Waals surface area contributed by atoms with Gasteiger partial charge in [0, 0.05) is 25.6 Å². The quantitative estimate of drug-likeness (QED) is 0.560. The van der Waals surface area contributed by atoms with Gasteiger partial charge >= 0.3 is 5.97 Å². The molecule has 1 fully saturated rings. The summed E-state index contributed by atoms with van der Waals surface area (Å²) in [6.45, 7) is 3.80. The van der Waals surface area contributed by atoms with Crippen molar-refractivity contribution in [1.82, 2.24) is 4.90 Å². The Morgan fingerprint density at radius 1 is 1.04 bits per heavy atom. The largest absolute Gasteiger partial charge is 0.441 e. The van der Waals surface area contributed by atoms with Crippen molar-refractivity contribution in [1.29, 1.82) is 0 Å². The normalized spacial score (nSPS) is 21.4. The van der Waals surface area contributed by atoms with Crippen LogP contribution in [0.15, 0.2) is 66.7 Å². The van der Waals surface area contributed by atoms with Crippen LogP contribution >= 0.6 is 0 Å². The van der Waals surface area contributed by atoms with E-state index in [1.807, 2.05) is 42.5 Å². The van der Waals surface area contributed by atoms with Gasteiger partial charge in [-0.2, -0.15) is 0 Å². The van der Waals surface area contributed by atoms with Crippen LogP contribution in [0.5, 0.6) is 0 Å². The van der Waals surface area contributed by atoms with Crippen molar-refractivity contribution in [2.24, 2.45) is 0 Å². The van der Waals surface area contributed by atoms with E-state index in [1.54, 1.807) is 0 Å². The number of nitrogens with zero attached hydrogens (tertiary/aromatic N) is 1. The molecule has 0 saturated carbocycles. The molecule has 0 bridgehead atoms. The van der Waals surface area contributed by atoms with E-state index in [4.69, 9.17) is 4.74 Å². The average molecular weight is 349 g/mol. The summed E-state index contributed by atoms with van der Waals surface area (Å²) >= 11 is 0. The van der Waals surface area contributed by atoms with Crippen LogP contribution in [0.3, 0.4) is 0 Å². The molecular weight excluding hydrogens is 322 g/mol. The Morgan fingerprint density at radius 3 is 2.46 bits per heavy atom. The van der Waals surface area contributed by atoms with Gasteiger partial charge in [0.2, 0.25) is 0 Å². The molecule has 3 heteroatoms. The van der Waals surface area contributed by atoms with Gasteiger partial charge in [-0.25, -0.2) is 4.79 Å². The van der Waals surface area contributed by atoms with Crippen LogP contribution in [0.25, 0.3) is 6.08 Å². The number of likely N-dealkylation sites (tertiary alicyclic amines) is 1. The summed E-state index contributed by atoms with van der Waals surface area (Å²) < 4.78 is 5.97. The molecule has 136 valence electrons. The number of carbonyl (C=O) groups excluding carboxylic acids is 1. The SMILES string of the molecule is CC1(OC(=O)C=Cc2ccccc2)CCCCCN1Cc1ccccc1. The van der Waals surface area contributed by atoms with Gasteiger partial charge in [0.25, 0.3) is 0 Å². The van der Waals surface area contributed by atoms with Crippen molar-refractivity contribution >= 4 is 12.0 Å². The maximum Gasteiger partial charge on any atom is 0.332 e. The molecule has 3 nitrogen and oxygen atoms in total. The predicted molar refractivity (Wildman–Crippen MR) is 105 cm³/mol. The molecule has 2 aromatic rings. The van der Waals surface area contributed by atoms with Crippen molar-refractivity contribution in [3.05, 3.63) is 77.9 Å². The fourth-order valence-corrected chi connectivity index (χ4v) is 3.47. The Bertz CT molecular complexity index is 726. The van der Waals surface area contributed by atoms with Crippen LogP contribution in [0.1, 0.15) is 43.7 Å². The predicted octanol–water partition coefficient (Wildman–Crippen LogP) is 5.04. The number of ether oxygens (including phenoxy) is 1. The van der Waals surface area contributed by atoms with Crippen LogP contribution in [0.4, 0.5) is 0 Å². The standard InChI is InChI=1S/C23H27NO2/c1-23(26-22(25)16-15-20-11-5-2-6-12-20)17-9-4-10-18-24(23)19-21-13-7-3-8-14-21/h2-3,5-8,11-16H,4,9-10,17-19H2,1H3. The summed E-state index contributed by atoms with van der Waals surface area (Å²) in [5.41, 5.74) is 1.68. The van der Waals surface area contributed by atoms with Gasteiger partial charge in [-0.1, -0.05) is 67.1 Å². The van der Waals surface area contributed by atoms with E-state index < -0.39 is 5.72 Å². The van der Waals surface area contributed by atoms with Gasteiger partial charge in [-0.15, -0.1) is 0 Å². The van der Waals surface area contributed by atoms with E-state index in [1.165, 1.54) is 18.1 Å². The third kappa shape index (κ3) is 5.06. The van der Waals surface area contributed by atoms with Crippen LogP contribution in [-0.2, 0) is 16.1 Å². The molecule has 1 saturated heterocycles. The summed E-state index contributed by atoms with van der Waals surface area (Å²) in [5, 5.41) is 0. The van der Waals surface area contributed by atoms with Gasteiger partial charge in [-0.3, -0.25) is 4.90 Å². The molecule has 0 aliphatic carbocycles. The summed E-state index contributed by atoms with van der Waals surface area (Å²) in [6.07, 6.45) is 7.61. The first-order valence-corrected chi connectivity index (χ1v) is 9.41. The molecule has 2 aromatic carbocycles. The average Bonchev–Trinajstić information content (AvgIpc) is 2.83. The molecule has 1 aliphatic rings. The lowest BCUT2D eigenvalue weighted by molar-refractivity contribution is -0.177. The number of rotatable bonds is 5. The van der Waals surface area contributed by atoms with Crippen molar-refractivity contribution in [2.45, 2.75) is 44.9 Å². The third-order valence-corrected chi connectivity index (χ3v) is 4.99. The zero-order chi connectivity index (χ0) is 18.2. The molecule has 0 amide bonds. The minimum Gasteiger partial charge on any atom is -0.441 e. The van der Waals surface area contributed by atoms with E-state index in [0.717, 1.165) is 37.9 Å². The Balaban J connectivity index is 1.70. The summed E-state index contributed by atoms with van der Waals surface area (Å²) in [5.74, 6) is -0.281. The zero-order valence-electron chi connectivity index (χ0n) is 15.4. The monoisotopic (exact) mass is 349 g/mol. The van der Waals surface area contributed by atoms with Crippen LogP contribution in [0.2, 0.25) is 0 Å². The Kier molecular flexibility index (Phi) is 6.24. The minimum absolute atomic E-state index is 0.281. The molecule has 1 aliphatic heterocycles. The summed E-state index contributed by atoms with van der Waals surface area (Å²) in [6, 6.07) is 20.2. The van der Waals surface area contributed by atoms with E-state index in [2.05, 4.69) is 36.1 Å². The Hall–Kier alpha value is -2.39. The number of carbonyl (C=O) groups is 1. The molecule has 3 rings (SSSR count). The number of benzene rings is 2. The lowest BCUT2D eigenvalue weighted by atomic mass is 10.1. The second kappa shape index (κ2) is 8.81. The maximum atomic E-state index is 12.5. The van der Waals surface area contributed by atoms with E-state index in [9.17, 15) is 4.79 Å². The first-order valence-electron chi connectivity index (χ1n) is 9.41. The van der Waals surface area contributed by atoms with Gasteiger partial charge in [-0.05, 0) is 37.0 Å². The van der Waals surface area contributed by atoms with Gasteiger partial charge in [0.05, 0.1) is 0 Å². The molecule has 26 heavy (non-hydrogen) atoms. The Labute approximate surface area is 156 Å². The fourth-order valence-electron chi connectivity index (χ4n) is 3.47. The molecule has 0 aromatic heterocycles. The second-order valence-electron chi connectivity index (χ2n) is 7.06. The van der Waals surface area contributed by atoms with Gasteiger partial charge < -0.3 is 4.74 Å². The fraction of sp³-hybridized carbons (Fsp3) is 0.348. The zero-order valence-corrected chi connectivity index (χ0v) is 15.4. The molecule has 1 heterocycles. The van der Waals surface area contributed by atoms with Crippen molar-refractivity contribution in [2.75, 3.05) is 6.54 Å². The topological polar surface area (TPSA) is 29.5 Å². The lowest BCUT2D eigenvalue weighted by Gasteiger charge is -2.39. The van der Waals surface area contributed by atoms with E-state index in [0.29, 0.717) is 0 Å². The van der Waals surface area contributed by atoms with Crippen molar-refractivity contribution in [3.63, 3.8) is 0 Å². The molecule has 1 unspecified atom stereocenters. The van der Waals surface area contributed by atoms with Crippen LogP contribution < -0.4 is 0 Å². The van der Waals surface area contributed by atoms with E-state index >= 15 is 0 Å². The second-order valence-corrected chi connectivity index (χ2v) is 7.06. The summed E-state index contributed by atoms with van der Waals surface area (Å²) in [4.78, 5) is 14.8. The highest BCUT2D eigenvalue weighted by Gasteiger charge is 2.36. The molecule has 0 spiro atoms. The highest BCUT2D eigenvalue weighted by Crippen LogP contribution is 2.30. The molecule has 0 radical (unpaired) electrons. The smallest absolute Gasteiger partial charge is 0.332 e.